The number of halogens is 1. The van der Waals surface area contributed by atoms with E-state index in [1.807, 2.05) is 0 Å². The topological polar surface area (TPSA) is 84.4 Å². The first-order valence-corrected chi connectivity index (χ1v) is 9.14. The summed E-state index contributed by atoms with van der Waals surface area (Å²) in [5.41, 5.74) is 0. The van der Waals surface area contributed by atoms with Gasteiger partial charge >= 0.3 is 0 Å². The van der Waals surface area contributed by atoms with E-state index >= 15 is 0 Å². The molecule has 0 aromatic carbocycles. The zero-order valence-corrected chi connectivity index (χ0v) is 18.2. The van der Waals surface area contributed by atoms with Gasteiger partial charge in [0.2, 0.25) is 5.91 Å². The molecule has 2 saturated heterocycles. The Balaban J connectivity index is 0.00000338. The average molecular weight is 484 g/mol. The van der Waals surface area contributed by atoms with Crippen LogP contribution in [0.3, 0.4) is 0 Å². The monoisotopic (exact) mass is 484 g/mol. The zero-order chi connectivity index (χ0) is 17.9. The van der Waals surface area contributed by atoms with E-state index in [9.17, 15) is 4.79 Å². The van der Waals surface area contributed by atoms with Crippen molar-refractivity contribution in [3.8, 4) is 0 Å². The van der Waals surface area contributed by atoms with Gasteiger partial charge in [0.1, 0.15) is 6.54 Å². The van der Waals surface area contributed by atoms with E-state index < -0.39 is 0 Å². The summed E-state index contributed by atoms with van der Waals surface area (Å²) in [7, 11) is 3.47. The molecule has 0 bridgehead atoms. The Morgan fingerprint density at radius 3 is 2.62 bits per heavy atom. The Morgan fingerprint density at radius 1 is 1.19 bits per heavy atom. The summed E-state index contributed by atoms with van der Waals surface area (Å²) in [5.74, 6) is 1.16. The summed E-state index contributed by atoms with van der Waals surface area (Å²) >= 11 is 0. The fraction of sp³-hybridized carbons (Fsp3) is 0.882. The molecule has 0 aromatic rings. The van der Waals surface area contributed by atoms with Crippen molar-refractivity contribution < 1.29 is 19.0 Å². The first kappa shape index (κ1) is 23.4. The van der Waals surface area contributed by atoms with Gasteiger partial charge in [-0.1, -0.05) is 0 Å². The maximum absolute atomic E-state index is 11.7. The molecule has 0 radical (unpaired) electrons. The number of likely N-dealkylation sites (N-methyl/N-ethyl adjacent to an activating group) is 1. The van der Waals surface area contributed by atoms with Gasteiger partial charge in [-0.2, -0.15) is 0 Å². The number of amides is 1. The summed E-state index contributed by atoms with van der Waals surface area (Å²) < 4.78 is 16.4. The number of carbonyl (C=O) groups excluding carboxylic acids is 1. The minimum atomic E-state index is -0.0186. The number of nitrogens with zero attached hydrogens (tertiary/aromatic N) is 2. The van der Waals surface area contributed by atoms with Gasteiger partial charge in [0, 0.05) is 52.9 Å². The molecule has 2 rings (SSSR count). The van der Waals surface area contributed by atoms with E-state index in [1.165, 1.54) is 0 Å². The summed E-state index contributed by atoms with van der Waals surface area (Å²) in [4.78, 5) is 17.7. The van der Waals surface area contributed by atoms with E-state index in [4.69, 9.17) is 14.2 Å². The second kappa shape index (κ2) is 13.5. The molecule has 0 saturated carbocycles. The lowest BCUT2D eigenvalue weighted by atomic mass is 10.1. The molecule has 0 aromatic heterocycles. The Hall–Kier alpha value is -0.650. The number of carbonyl (C=O) groups is 1. The number of nitrogens with one attached hydrogen (secondary N) is 2. The van der Waals surface area contributed by atoms with Crippen LogP contribution in [0.1, 0.15) is 19.3 Å². The van der Waals surface area contributed by atoms with Gasteiger partial charge in [0.05, 0.1) is 19.3 Å². The van der Waals surface area contributed by atoms with Crippen LogP contribution >= 0.6 is 24.0 Å². The minimum Gasteiger partial charge on any atom is -0.381 e. The number of hydrogen-bond acceptors (Lipinski definition) is 5. The summed E-state index contributed by atoms with van der Waals surface area (Å²) in [6.45, 7) is 5.50. The second-order valence-corrected chi connectivity index (χ2v) is 6.70. The van der Waals surface area contributed by atoms with Crippen LogP contribution in [-0.4, -0.2) is 89.6 Å². The predicted molar refractivity (Wildman–Crippen MR) is 111 cm³/mol. The fourth-order valence-corrected chi connectivity index (χ4v) is 2.62. The first-order valence-electron chi connectivity index (χ1n) is 9.14. The molecule has 26 heavy (non-hydrogen) atoms. The molecule has 2 N–H and O–H groups in total. The van der Waals surface area contributed by atoms with Gasteiger partial charge in [-0.05, 0) is 19.3 Å². The number of hydrogen-bond donors (Lipinski definition) is 2. The van der Waals surface area contributed by atoms with Crippen LogP contribution in [0.2, 0.25) is 0 Å². The third-order valence-electron chi connectivity index (χ3n) is 4.31. The van der Waals surface area contributed by atoms with E-state index in [-0.39, 0.29) is 42.5 Å². The molecule has 2 aliphatic heterocycles. The van der Waals surface area contributed by atoms with Crippen LogP contribution in [0.15, 0.2) is 4.99 Å². The highest BCUT2D eigenvalue weighted by Gasteiger charge is 2.17. The van der Waals surface area contributed by atoms with Gasteiger partial charge in [-0.3, -0.25) is 4.79 Å². The van der Waals surface area contributed by atoms with Crippen molar-refractivity contribution in [3.05, 3.63) is 0 Å². The third-order valence-corrected chi connectivity index (χ3v) is 4.31. The van der Waals surface area contributed by atoms with Crippen LogP contribution in [0, 0.1) is 5.92 Å². The van der Waals surface area contributed by atoms with Gasteiger partial charge in [-0.25, -0.2) is 4.99 Å². The molecule has 0 aliphatic carbocycles. The Bertz CT molecular complexity index is 425. The lowest BCUT2D eigenvalue weighted by Gasteiger charge is -2.16. The van der Waals surface area contributed by atoms with Crippen molar-refractivity contribution in [3.63, 3.8) is 0 Å². The lowest BCUT2D eigenvalue weighted by molar-refractivity contribution is -0.127. The number of rotatable bonds is 9. The van der Waals surface area contributed by atoms with Crippen molar-refractivity contribution in [2.24, 2.45) is 10.9 Å². The van der Waals surface area contributed by atoms with E-state index in [2.05, 4.69) is 15.6 Å². The van der Waals surface area contributed by atoms with Crippen molar-refractivity contribution in [2.75, 3.05) is 66.8 Å². The number of guanidine groups is 1. The maximum atomic E-state index is 11.7. The van der Waals surface area contributed by atoms with Crippen LogP contribution < -0.4 is 10.6 Å². The molecule has 1 amide bonds. The Kier molecular flexibility index (Phi) is 12.2. The van der Waals surface area contributed by atoms with Gasteiger partial charge in [0.15, 0.2) is 5.96 Å². The molecule has 2 aliphatic rings. The quantitative estimate of drug-likeness (QED) is 0.214. The highest BCUT2D eigenvalue weighted by Crippen LogP contribution is 2.10. The van der Waals surface area contributed by atoms with Gasteiger partial charge in [-0.15, -0.1) is 24.0 Å². The predicted octanol–water partition coefficient (Wildman–Crippen LogP) is 0.460. The molecular weight excluding hydrogens is 451 g/mol. The van der Waals surface area contributed by atoms with Crippen LogP contribution in [0.5, 0.6) is 0 Å². The average Bonchev–Trinajstić information content (AvgIpc) is 3.29. The van der Waals surface area contributed by atoms with Crippen molar-refractivity contribution in [1.82, 2.24) is 15.5 Å². The lowest BCUT2D eigenvalue weighted by Crippen LogP contribution is -2.41. The first-order chi connectivity index (χ1) is 12.1. The largest absolute Gasteiger partial charge is 0.381 e. The normalized spacial score (nSPS) is 22.8. The smallest absolute Gasteiger partial charge is 0.243 e. The highest BCUT2D eigenvalue weighted by molar-refractivity contribution is 14.0. The Labute approximate surface area is 173 Å². The fourth-order valence-electron chi connectivity index (χ4n) is 2.62. The Morgan fingerprint density at radius 2 is 1.96 bits per heavy atom. The molecule has 2 fully saturated rings. The number of aliphatic imine (C=N–C) groups is 1. The molecular formula is C17H33IN4O4. The molecule has 2 heterocycles. The molecule has 2 atom stereocenters. The third kappa shape index (κ3) is 9.33. The maximum Gasteiger partial charge on any atom is 0.243 e. The van der Waals surface area contributed by atoms with E-state index in [0.717, 1.165) is 52.2 Å². The van der Waals surface area contributed by atoms with E-state index in [1.54, 1.807) is 19.0 Å². The van der Waals surface area contributed by atoms with Crippen molar-refractivity contribution >= 4 is 35.8 Å². The molecule has 9 heteroatoms. The van der Waals surface area contributed by atoms with Crippen molar-refractivity contribution in [2.45, 2.75) is 25.4 Å². The summed E-state index contributed by atoms with van der Waals surface area (Å²) in [6, 6.07) is 0. The SMILES string of the molecule is CN(C)C(=O)CN=C(NCCCOC1CCOC1)NCC1CCOC1.I. The van der Waals surface area contributed by atoms with E-state index in [0.29, 0.717) is 25.1 Å². The van der Waals surface area contributed by atoms with Crippen LogP contribution in [0.25, 0.3) is 0 Å². The van der Waals surface area contributed by atoms with Crippen LogP contribution in [0.4, 0.5) is 0 Å². The van der Waals surface area contributed by atoms with Crippen LogP contribution in [-0.2, 0) is 19.0 Å². The van der Waals surface area contributed by atoms with Gasteiger partial charge in [0.25, 0.3) is 0 Å². The molecule has 8 nitrogen and oxygen atoms in total. The highest BCUT2D eigenvalue weighted by atomic mass is 127. The molecule has 152 valence electrons. The summed E-state index contributed by atoms with van der Waals surface area (Å²) in [6.07, 6.45) is 3.17. The standard InChI is InChI=1S/C17H32N4O4.HI/c1-21(2)16(22)11-20-17(19-10-14-4-8-23-12-14)18-6-3-7-25-15-5-9-24-13-15;/h14-15H,3-13H2,1-2H3,(H2,18,19,20);1H. The number of ether oxygens (including phenoxy) is 3. The molecule has 2 unspecified atom stereocenters. The van der Waals surface area contributed by atoms with Gasteiger partial charge < -0.3 is 29.7 Å². The summed E-state index contributed by atoms with van der Waals surface area (Å²) in [5, 5.41) is 6.59. The second-order valence-electron chi connectivity index (χ2n) is 6.70. The molecule has 0 spiro atoms. The van der Waals surface area contributed by atoms with Crippen molar-refractivity contribution in [1.29, 1.82) is 0 Å². The minimum absolute atomic E-state index is 0. The zero-order valence-electron chi connectivity index (χ0n) is 15.9.